The summed E-state index contributed by atoms with van der Waals surface area (Å²) in [6, 6.07) is 3.12. The highest BCUT2D eigenvalue weighted by Gasteiger charge is 2.55. The number of non-ortho nitro benzene ring substituents is 1. The first-order valence-electron chi connectivity index (χ1n) is 17.7. The minimum absolute atomic E-state index is 0.00543. The molecule has 13 N–H and O–H groups in total. The van der Waals surface area contributed by atoms with E-state index in [1.165, 1.54) is 12.1 Å². The normalized spacial score (nSPS) is 43.9. The number of benzene rings is 1. The Labute approximate surface area is 322 Å². The fourth-order valence-corrected chi connectivity index (χ4v) is 6.81. The van der Waals surface area contributed by atoms with Gasteiger partial charge in [-0.3, -0.25) is 14.9 Å². The van der Waals surface area contributed by atoms with E-state index in [1.807, 2.05) is 0 Å². The molecule has 25 nitrogen and oxygen atoms in total. The lowest BCUT2D eigenvalue weighted by Crippen LogP contribution is -2.69. The Kier molecular flexibility index (Phi) is 15.4. The van der Waals surface area contributed by atoms with Gasteiger partial charge >= 0.3 is 0 Å². The van der Waals surface area contributed by atoms with Gasteiger partial charge in [-0.2, -0.15) is 0 Å². The lowest BCUT2D eigenvalue weighted by Gasteiger charge is -2.49. The van der Waals surface area contributed by atoms with Crippen LogP contribution in [0.4, 0.5) is 5.69 Å². The molecule has 0 radical (unpaired) electrons. The number of nitrogens with zero attached hydrogens (tertiary/aromatic N) is 1. The Morgan fingerprint density at radius 2 is 1.04 bits per heavy atom. The summed E-state index contributed by atoms with van der Waals surface area (Å²) in [5.74, 6) is -0.712. The maximum Gasteiger partial charge on any atom is 0.269 e. The lowest BCUT2D eigenvalue weighted by atomic mass is 9.95. The molecule has 0 aromatic heterocycles. The van der Waals surface area contributed by atoms with Crippen LogP contribution in [0.3, 0.4) is 0 Å². The summed E-state index contributed by atoms with van der Waals surface area (Å²) >= 11 is 0. The van der Waals surface area contributed by atoms with Crippen LogP contribution in [0.5, 0.6) is 5.75 Å². The monoisotopic (exact) mass is 828 g/mol. The van der Waals surface area contributed by atoms with E-state index < -0.39 is 160 Å². The fraction of sp³-hybridized carbons (Fsp3) is 0.781. The molecule has 0 unspecified atom stereocenters. The van der Waals surface area contributed by atoms with Crippen LogP contribution in [0.25, 0.3) is 0 Å². The van der Waals surface area contributed by atoms with Crippen molar-refractivity contribution >= 4 is 11.6 Å². The zero-order chi connectivity index (χ0) is 41.9. The number of ether oxygens (including phenoxy) is 8. The van der Waals surface area contributed by atoms with E-state index in [0.717, 1.165) is 19.1 Å². The van der Waals surface area contributed by atoms with Crippen LogP contribution in [-0.4, -0.2) is 221 Å². The molecule has 0 bridgehead atoms. The average Bonchev–Trinajstić information content (AvgIpc) is 3.19. The molecule has 5 rings (SSSR count). The Morgan fingerprint density at radius 3 is 1.54 bits per heavy atom. The van der Waals surface area contributed by atoms with E-state index in [0.29, 0.717) is 0 Å². The van der Waals surface area contributed by atoms with E-state index in [4.69, 9.17) is 37.9 Å². The van der Waals surface area contributed by atoms with Gasteiger partial charge < -0.3 is 104 Å². The molecular formula is C32H48N2O23. The number of hydrogen-bond donors (Lipinski definition) is 13. The number of aliphatic hydroxyl groups excluding tert-OH is 12. The molecule has 1 aromatic rings. The summed E-state index contributed by atoms with van der Waals surface area (Å²) in [4.78, 5) is 22.2. The fourth-order valence-electron chi connectivity index (χ4n) is 6.81. The van der Waals surface area contributed by atoms with Crippen molar-refractivity contribution in [1.82, 2.24) is 5.32 Å². The van der Waals surface area contributed by atoms with Gasteiger partial charge in [0.2, 0.25) is 12.2 Å². The summed E-state index contributed by atoms with van der Waals surface area (Å²) < 4.78 is 44.9. The lowest BCUT2D eigenvalue weighted by molar-refractivity contribution is -0.385. The highest BCUT2D eigenvalue weighted by Crippen LogP contribution is 2.35. The molecule has 1 aromatic carbocycles. The molecule has 57 heavy (non-hydrogen) atoms. The molecule has 0 aliphatic carbocycles. The Hall–Kier alpha value is -2.87. The molecule has 4 saturated heterocycles. The van der Waals surface area contributed by atoms with Crippen molar-refractivity contribution in [3.05, 3.63) is 34.4 Å². The van der Waals surface area contributed by atoms with Gasteiger partial charge in [0.05, 0.1) is 31.4 Å². The average molecular weight is 829 g/mol. The summed E-state index contributed by atoms with van der Waals surface area (Å²) in [5.41, 5.74) is -0.255. The van der Waals surface area contributed by atoms with Gasteiger partial charge in [0, 0.05) is 19.1 Å². The molecule has 4 fully saturated rings. The van der Waals surface area contributed by atoms with Gasteiger partial charge in [0.15, 0.2) is 18.9 Å². The first-order chi connectivity index (χ1) is 27.0. The van der Waals surface area contributed by atoms with E-state index in [1.54, 1.807) is 0 Å². The van der Waals surface area contributed by atoms with E-state index in [2.05, 4.69) is 5.32 Å². The number of nitrogens with one attached hydrogen (secondary N) is 1. The summed E-state index contributed by atoms with van der Waals surface area (Å²) in [5, 5.41) is 140. The van der Waals surface area contributed by atoms with Gasteiger partial charge in [0.1, 0.15) is 103 Å². The van der Waals surface area contributed by atoms with E-state index in [9.17, 15) is 76.2 Å². The van der Waals surface area contributed by atoms with Gasteiger partial charge in [-0.15, -0.1) is 0 Å². The number of amides is 1. The third-order valence-electron chi connectivity index (χ3n) is 9.89. The first-order valence-corrected chi connectivity index (χ1v) is 17.7. The van der Waals surface area contributed by atoms with Crippen molar-refractivity contribution in [3.63, 3.8) is 0 Å². The highest BCUT2D eigenvalue weighted by atomic mass is 16.8. The van der Waals surface area contributed by atoms with Gasteiger partial charge in [0.25, 0.3) is 5.69 Å². The SMILES string of the molecule is CC(=O)N[C@@H]1[C@H](O[C@@H]2[C@H](O)[C@@H](O[C@@H]3[C@H](O)[C@H](O)[C@H](O[C@H]4[C@H](O)[C@H](O)[C@H](Oc5ccc([N+](=O)[O-])cc5)O[C@H]4CO)O[C@H]3CO)O[C@@H](CO)[C@@H]2O)O[C@@H](CO)[C@H](O)[C@@H]1O. The second-order valence-corrected chi connectivity index (χ2v) is 13.7. The largest absolute Gasteiger partial charge is 0.462 e. The molecule has 0 saturated carbocycles. The van der Waals surface area contributed by atoms with Crippen molar-refractivity contribution in [2.24, 2.45) is 0 Å². The molecule has 1 amide bonds. The zero-order valence-corrected chi connectivity index (χ0v) is 30.0. The second kappa shape index (κ2) is 19.5. The van der Waals surface area contributed by atoms with E-state index in [-0.39, 0.29) is 11.4 Å². The van der Waals surface area contributed by atoms with Crippen LogP contribution in [0.1, 0.15) is 6.92 Å². The molecule has 324 valence electrons. The van der Waals surface area contributed by atoms with Gasteiger partial charge in [-0.1, -0.05) is 0 Å². The highest BCUT2D eigenvalue weighted by molar-refractivity contribution is 5.73. The number of carbonyl (C=O) groups excluding carboxylic acids is 1. The second-order valence-electron chi connectivity index (χ2n) is 13.7. The van der Waals surface area contributed by atoms with Crippen molar-refractivity contribution in [2.45, 2.75) is 130 Å². The molecular weight excluding hydrogens is 780 g/mol. The predicted octanol–water partition coefficient (Wildman–Crippen LogP) is -7.61. The molecule has 0 spiro atoms. The molecule has 4 heterocycles. The molecule has 20 atom stereocenters. The number of nitro groups is 1. The molecule has 4 aliphatic heterocycles. The Bertz CT molecular complexity index is 1460. The predicted molar refractivity (Wildman–Crippen MR) is 177 cm³/mol. The molecule has 25 heteroatoms. The van der Waals surface area contributed by atoms with Crippen LogP contribution >= 0.6 is 0 Å². The smallest absolute Gasteiger partial charge is 0.269 e. The molecule has 4 aliphatic rings. The third-order valence-corrected chi connectivity index (χ3v) is 9.89. The standard InChI is InChI=1S/C32H48N2O23/c1-10(39)33-17-20(42)18(40)13(6-35)51-29(17)57-28-19(41)14(7-36)52-32(25(28)47)56-27-16(9-38)54-31(24(46)22(27)44)55-26-15(8-37)53-30(23(45)21(26)43)50-12-4-2-11(3-5-12)34(48)49/h2-5,13-32,35-38,40-47H,6-9H2,1H3,(H,33,39)/t13-,14-,15-,16-,17-,18-,19-,20+,21+,22+,23-,24-,25-,26+,27-,28-,29-,30+,31-,32+/m0/s1. The third kappa shape index (κ3) is 9.79. The quantitative estimate of drug-likeness (QED) is 0.0612. The summed E-state index contributed by atoms with van der Waals surface area (Å²) in [6.45, 7) is -2.47. The van der Waals surface area contributed by atoms with Crippen molar-refractivity contribution < 1.29 is 109 Å². The maximum atomic E-state index is 11.9. The first kappa shape index (κ1) is 45.2. The van der Waals surface area contributed by atoms with Crippen molar-refractivity contribution in [3.8, 4) is 5.75 Å². The zero-order valence-electron chi connectivity index (χ0n) is 30.0. The van der Waals surface area contributed by atoms with Crippen LogP contribution in [0, 0.1) is 10.1 Å². The van der Waals surface area contributed by atoms with Gasteiger partial charge in [-0.05, 0) is 12.1 Å². The summed E-state index contributed by atoms with van der Waals surface area (Å²) in [7, 11) is 0. The van der Waals surface area contributed by atoms with Crippen LogP contribution in [0.2, 0.25) is 0 Å². The maximum absolute atomic E-state index is 11.9. The number of nitro benzene ring substituents is 1. The number of rotatable bonds is 14. The van der Waals surface area contributed by atoms with E-state index >= 15 is 0 Å². The number of carbonyl (C=O) groups is 1. The van der Waals surface area contributed by atoms with Crippen LogP contribution in [0.15, 0.2) is 24.3 Å². The topological polar surface area (TPSA) is 389 Å². The van der Waals surface area contributed by atoms with Crippen LogP contribution < -0.4 is 10.1 Å². The van der Waals surface area contributed by atoms with Gasteiger partial charge in [-0.25, -0.2) is 0 Å². The van der Waals surface area contributed by atoms with Crippen molar-refractivity contribution in [2.75, 3.05) is 26.4 Å². The van der Waals surface area contributed by atoms with Crippen molar-refractivity contribution in [1.29, 1.82) is 0 Å². The minimum atomic E-state index is -2.08. The number of hydrogen-bond acceptors (Lipinski definition) is 23. The Morgan fingerprint density at radius 1 is 0.596 bits per heavy atom. The number of aliphatic hydroxyl groups is 12. The summed E-state index contributed by atoms with van der Waals surface area (Å²) in [6.07, 6.45) is -33.9. The Balaban J connectivity index is 1.27. The van der Waals surface area contributed by atoms with Crippen LogP contribution in [-0.2, 0) is 38.0 Å². The minimum Gasteiger partial charge on any atom is -0.462 e.